The predicted molar refractivity (Wildman–Crippen MR) is 182 cm³/mol. The number of rotatable bonds is 12. The summed E-state index contributed by atoms with van der Waals surface area (Å²) in [6.45, 7) is 19.7. The normalized spacial score (nSPS) is 13.6. The molecular formula is C35H48N2O6S. The van der Waals surface area contributed by atoms with Crippen molar-refractivity contribution in [3.63, 3.8) is 0 Å². The van der Waals surface area contributed by atoms with E-state index in [2.05, 4.69) is 43.4 Å². The van der Waals surface area contributed by atoms with Crippen molar-refractivity contribution < 1.29 is 28.7 Å². The Hall–Kier alpha value is -4.24. The lowest BCUT2D eigenvalue weighted by Gasteiger charge is -2.08. The molecule has 1 N–H and O–H groups in total. The Labute approximate surface area is 267 Å². The molecule has 1 aromatic carbocycles. The number of nitrogens with zero attached hydrogens (tertiary/aromatic N) is 1. The Balaban J connectivity index is 0. The molecule has 0 unspecified atom stereocenters. The maximum atomic E-state index is 12.1. The van der Waals surface area contributed by atoms with E-state index in [9.17, 15) is 14.4 Å². The molecule has 8 nitrogen and oxygen atoms in total. The summed E-state index contributed by atoms with van der Waals surface area (Å²) < 4.78 is 10.8. The summed E-state index contributed by atoms with van der Waals surface area (Å²) in [5.41, 5.74) is 3.76. The summed E-state index contributed by atoms with van der Waals surface area (Å²) in [6, 6.07) is 10.7. The van der Waals surface area contributed by atoms with Gasteiger partial charge in [-0.15, -0.1) is 0 Å². The van der Waals surface area contributed by atoms with Crippen LogP contribution in [0.4, 0.5) is 4.79 Å². The van der Waals surface area contributed by atoms with Crippen molar-refractivity contribution in [2.45, 2.75) is 66.6 Å². The number of nitrogens with one attached hydrogen (secondary N) is 1. The third kappa shape index (κ3) is 17.7. The van der Waals surface area contributed by atoms with Gasteiger partial charge in [0.15, 0.2) is 6.61 Å². The number of ketones is 1. The highest BCUT2D eigenvalue weighted by molar-refractivity contribution is 8.15. The Morgan fingerprint density at radius 3 is 2.05 bits per heavy atom. The monoisotopic (exact) mass is 624 g/mol. The summed E-state index contributed by atoms with van der Waals surface area (Å²) >= 11 is 1.00. The van der Waals surface area contributed by atoms with Gasteiger partial charge in [-0.25, -0.2) is 0 Å². The molecule has 0 radical (unpaired) electrons. The van der Waals surface area contributed by atoms with Crippen molar-refractivity contribution in [1.82, 2.24) is 10.3 Å². The molecule has 0 saturated carbocycles. The number of thioether (sulfide) groups is 1. The quantitative estimate of drug-likeness (QED) is 0.144. The highest BCUT2D eigenvalue weighted by atomic mass is 32.2. The number of carbonyl (C=O) groups excluding carboxylic acids is 4. The predicted octanol–water partition coefficient (Wildman–Crippen LogP) is 7.89. The molecular weight excluding hydrogens is 576 g/mol. The minimum Gasteiger partial charge on any atom is -0.499 e. The maximum Gasteiger partial charge on any atom is 0.286 e. The van der Waals surface area contributed by atoms with Gasteiger partial charge >= 0.3 is 0 Å². The number of benzene rings is 1. The van der Waals surface area contributed by atoms with Gasteiger partial charge in [-0.3, -0.25) is 24.7 Å². The van der Waals surface area contributed by atoms with Gasteiger partial charge in [0.2, 0.25) is 11.7 Å². The van der Waals surface area contributed by atoms with Crippen molar-refractivity contribution in [3.8, 4) is 5.75 Å². The molecule has 2 amide bonds. The fraction of sp³-hybridized carbons (Fsp3) is 0.343. The fourth-order valence-corrected chi connectivity index (χ4v) is 4.00. The Kier molecular flexibility index (Phi) is 24.1. The van der Waals surface area contributed by atoms with Gasteiger partial charge < -0.3 is 14.3 Å². The van der Waals surface area contributed by atoms with Crippen molar-refractivity contribution in [2.75, 3.05) is 13.2 Å². The number of imide groups is 1. The average Bonchev–Trinajstić information content (AvgIpc) is 3.36. The van der Waals surface area contributed by atoms with Crippen molar-refractivity contribution in [3.05, 3.63) is 108 Å². The zero-order valence-electron chi connectivity index (χ0n) is 25.9. The third-order valence-electron chi connectivity index (χ3n) is 5.70. The number of ether oxygens (including phenoxy) is 2. The number of Topliss-reactive ketones (excluding diaryl/α,β-unsaturated/α-hetero) is 1. The van der Waals surface area contributed by atoms with Crippen molar-refractivity contribution in [1.29, 1.82) is 0 Å². The van der Waals surface area contributed by atoms with E-state index >= 15 is 0 Å². The number of aryl methyl sites for hydroxylation is 1. The van der Waals surface area contributed by atoms with E-state index < -0.39 is 5.25 Å². The molecule has 0 spiro atoms. The van der Waals surface area contributed by atoms with Crippen LogP contribution in [0.15, 0.2) is 91.4 Å². The number of amides is 2. The van der Waals surface area contributed by atoms with E-state index in [-0.39, 0.29) is 31.0 Å². The number of aromatic nitrogens is 1. The Morgan fingerprint density at radius 1 is 0.977 bits per heavy atom. The van der Waals surface area contributed by atoms with E-state index in [1.807, 2.05) is 51.8 Å². The van der Waals surface area contributed by atoms with Gasteiger partial charge in [0.05, 0.1) is 17.6 Å². The van der Waals surface area contributed by atoms with E-state index in [4.69, 9.17) is 14.3 Å². The van der Waals surface area contributed by atoms with Crippen LogP contribution in [0.1, 0.15) is 70.1 Å². The second-order valence-corrected chi connectivity index (χ2v) is 10.1. The van der Waals surface area contributed by atoms with E-state index in [0.717, 1.165) is 48.1 Å². The van der Waals surface area contributed by atoms with Crippen LogP contribution in [0, 0.1) is 0 Å². The van der Waals surface area contributed by atoms with Crippen LogP contribution in [0.5, 0.6) is 5.75 Å². The summed E-state index contributed by atoms with van der Waals surface area (Å²) in [4.78, 5) is 47.0. The first-order valence-corrected chi connectivity index (χ1v) is 14.8. The van der Waals surface area contributed by atoms with E-state index in [1.54, 1.807) is 36.5 Å². The summed E-state index contributed by atoms with van der Waals surface area (Å²) in [7, 11) is 0. The summed E-state index contributed by atoms with van der Waals surface area (Å²) in [5.74, 6) is 1.11. The highest BCUT2D eigenvalue weighted by Crippen LogP contribution is 2.24. The van der Waals surface area contributed by atoms with Crippen molar-refractivity contribution in [2.24, 2.45) is 0 Å². The van der Waals surface area contributed by atoms with E-state index in [0.29, 0.717) is 17.9 Å². The molecule has 0 aliphatic carbocycles. The molecule has 1 saturated heterocycles. The summed E-state index contributed by atoms with van der Waals surface area (Å²) in [5, 5.41) is 1.57. The topological polar surface area (TPSA) is 112 Å². The lowest BCUT2D eigenvalue weighted by molar-refractivity contribution is -0.119. The summed E-state index contributed by atoms with van der Waals surface area (Å²) in [6.07, 6.45) is 11.5. The SMILES string of the molecule is C.C=CC=C.C=O.CCO/C(C)=C/C=C(\C)CC.CCc1ccc(C(=O)COc2ccc(C[C@H]3SC(=O)NC3=O)cc2)nc1. The minimum atomic E-state index is -0.395. The van der Waals surface area contributed by atoms with Gasteiger partial charge in [-0.2, -0.15) is 0 Å². The zero-order chi connectivity index (χ0) is 32.6. The molecule has 1 aliphatic rings. The van der Waals surface area contributed by atoms with Gasteiger partial charge in [0, 0.05) is 6.20 Å². The average molecular weight is 625 g/mol. The first-order valence-electron chi connectivity index (χ1n) is 13.9. The largest absolute Gasteiger partial charge is 0.499 e. The number of carbonyl (C=O) groups is 4. The molecule has 1 atom stereocenters. The molecule has 44 heavy (non-hydrogen) atoms. The van der Waals surface area contributed by atoms with Crippen LogP contribution in [-0.4, -0.2) is 47.2 Å². The highest BCUT2D eigenvalue weighted by Gasteiger charge is 2.31. The molecule has 1 fully saturated rings. The number of hydrogen-bond acceptors (Lipinski definition) is 8. The van der Waals surface area contributed by atoms with Gasteiger partial charge in [0.1, 0.15) is 18.2 Å². The Bertz CT molecular complexity index is 1210. The number of hydrogen-bond donors (Lipinski definition) is 1. The fourth-order valence-electron chi connectivity index (χ4n) is 3.14. The lowest BCUT2D eigenvalue weighted by atomic mass is 10.1. The maximum absolute atomic E-state index is 12.1. The molecule has 0 bridgehead atoms. The molecule has 240 valence electrons. The van der Waals surface area contributed by atoms with E-state index in [1.165, 1.54) is 5.57 Å². The minimum absolute atomic E-state index is 0. The molecule has 3 rings (SSSR count). The number of pyridine rings is 1. The zero-order valence-corrected chi connectivity index (χ0v) is 26.7. The van der Waals surface area contributed by atoms with Crippen LogP contribution >= 0.6 is 11.8 Å². The molecule has 9 heteroatoms. The van der Waals surface area contributed by atoms with Crippen LogP contribution in [0.25, 0.3) is 0 Å². The molecule has 1 aliphatic heterocycles. The second-order valence-electron chi connectivity index (χ2n) is 8.90. The van der Waals surface area contributed by atoms with Crippen LogP contribution in [-0.2, 0) is 27.2 Å². The first-order chi connectivity index (χ1) is 20.7. The van der Waals surface area contributed by atoms with Crippen molar-refractivity contribution >= 4 is 35.5 Å². The van der Waals surface area contributed by atoms with Gasteiger partial charge in [-0.1, -0.05) is 88.2 Å². The van der Waals surface area contributed by atoms with Gasteiger partial charge in [-0.05, 0) is 75.4 Å². The lowest BCUT2D eigenvalue weighted by Crippen LogP contribution is -2.25. The number of allylic oxidation sites excluding steroid dienone is 6. The standard InChI is InChI=1S/C19H18N2O4S.C10H18O.C4H6.CH2O.CH4/c1-2-12-5-8-15(20-10-12)16(22)11-25-14-6-3-13(4-7-14)9-17-18(23)21-19(24)26-17;1-5-9(3)7-8-10(4)11-6-2;1-3-4-2;1-2;/h3-8,10,17H,2,9,11H2,1H3,(H,21,23,24);7-8H,5-6H2,1-4H3;3-4H,1-2H2;1H2;1H4/b;9-7+,10-8+;;;/t17-;;;;/m1..../s1. The molecule has 2 aromatic rings. The van der Waals surface area contributed by atoms with Crippen LogP contribution < -0.4 is 10.1 Å². The Morgan fingerprint density at radius 2 is 1.59 bits per heavy atom. The second kappa shape index (κ2) is 25.3. The van der Waals surface area contributed by atoms with Gasteiger partial charge in [0.25, 0.3) is 5.24 Å². The first kappa shape index (κ1) is 41.9. The van der Waals surface area contributed by atoms with Crippen LogP contribution in [0.3, 0.4) is 0 Å². The van der Waals surface area contributed by atoms with Crippen LogP contribution in [0.2, 0.25) is 0 Å². The molecule has 1 aromatic heterocycles. The smallest absolute Gasteiger partial charge is 0.286 e. The molecule has 2 heterocycles. The third-order valence-corrected chi connectivity index (χ3v) is 6.68.